The maximum Gasteiger partial charge on any atom is 0.344 e. The first-order valence-electron chi connectivity index (χ1n) is 11.5. The van der Waals surface area contributed by atoms with E-state index < -0.39 is 11.5 Å². The summed E-state index contributed by atoms with van der Waals surface area (Å²) in [5.41, 5.74) is 1.79. The van der Waals surface area contributed by atoms with Crippen molar-refractivity contribution in [1.29, 1.82) is 0 Å². The van der Waals surface area contributed by atoms with E-state index in [2.05, 4.69) is 10.1 Å². The largest absolute Gasteiger partial charge is 0.493 e. The molecule has 1 atom stereocenters. The third-order valence-electron chi connectivity index (χ3n) is 6.38. The number of ether oxygens (including phenoxy) is 3. The third-order valence-corrected chi connectivity index (χ3v) is 6.38. The molecule has 9 nitrogen and oxygen atoms in total. The lowest BCUT2D eigenvalue weighted by molar-refractivity contribution is 0.349. The van der Waals surface area contributed by atoms with Gasteiger partial charge in [-0.2, -0.15) is 0 Å². The average molecular weight is 485 g/mol. The lowest BCUT2D eigenvalue weighted by Crippen LogP contribution is -2.22. The zero-order valence-corrected chi connectivity index (χ0v) is 20.5. The van der Waals surface area contributed by atoms with Gasteiger partial charge in [0, 0.05) is 11.0 Å². The minimum Gasteiger partial charge on any atom is -0.493 e. The van der Waals surface area contributed by atoms with Gasteiger partial charge in [-0.05, 0) is 18.2 Å². The second kappa shape index (κ2) is 7.81. The van der Waals surface area contributed by atoms with E-state index in [0.29, 0.717) is 62.3 Å². The highest BCUT2D eigenvalue weighted by molar-refractivity contribution is 5.87. The van der Waals surface area contributed by atoms with Crippen LogP contribution in [0.1, 0.15) is 49.2 Å². The first-order chi connectivity index (χ1) is 17.3. The molecule has 1 unspecified atom stereocenters. The van der Waals surface area contributed by atoms with Crippen LogP contribution >= 0.6 is 0 Å². The van der Waals surface area contributed by atoms with E-state index in [1.54, 1.807) is 37.2 Å². The Labute approximate surface area is 206 Å². The Balaban J connectivity index is 1.76. The Morgan fingerprint density at radius 3 is 2.56 bits per heavy atom. The van der Waals surface area contributed by atoms with Crippen molar-refractivity contribution < 1.29 is 18.6 Å². The van der Waals surface area contributed by atoms with Crippen molar-refractivity contribution in [1.82, 2.24) is 19.6 Å². The molecule has 3 aromatic heterocycles. The van der Waals surface area contributed by atoms with Gasteiger partial charge in [-0.15, -0.1) is 5.10 Å². The minimum absolute atomic E-state index is 0.301. The summed E-state index contributed by atoms with van der Waals surface area (Å²) in [5.74, 6) is 1.75. The number of fused-ring (bicyclic) bond motifs is 6. The molecule has 0 spiro atoms. The molecule has 6 rings (SSSR count). The van der Waals surface area contributed by atoms with Crippen LogP contribution in [-0.2, 0) is 5.41 Å². The molecule has 5 aromatic rings. The molecule has 0 aliphatic carbocycles. The Hall–Kier alpha value is -4.40. The molecule has 0 fully saturated rings. The van der Waals surface area contributed by atoms with Gasteiger partial charge in [-0.1, -0.05) is 45.0 Å². The van der Waals surface area contributed by atoms with Crippen LogP contribution in [0.3, 0.4) is 0 Å². The summed E-state index contributed by atoms with van der Waals surface area (Å²) in [4.78, 5) is 23.0. The first kappa shape index (κ1) is 22.1. The molecular weight excluding hydrogens is 460 g/mol. The normalized spacial score (nSPS) is 14.9. The molecule has 9 heteroatoms. The average Bonchev–Trinajstić information content (AvgIpc) is 3.32. The van der Waals surface area contributed by atoms with Crippen LogP contribution < -0.4 is 19.8 Å². The van der Waals surface area contributed by atoms with Crippen molar-refractivity contribution in [2.45, 2.75) is 32.1 Å². The highest BCUT2D eigenvalue weighted by Gasteiger charge is 2.39. The summed E-state index contributed by atoms with van der Waals surface area (Å²) in [6.45, 7) is 6.12. The number of benzene rings is 2. The zero-order chi connectivity index (χ0) is 25.2. The number of methoxy groups -OCH3 is 2. The molecule has 182 valence electrons. The maximum atomic E-state index is 13.5. The molecule has 0 saturated heterocycles. The molecule has 1 aliphatic heterocycles. The van der Waals surface area contributed by atoms with Gasteiger partial charge in [0.2, 0.25) is 5.88 Å². The fourth-order valence-electron chi connectivity index (χ4n) is 4.70. The van der Waals surface area contributed by atoms with Crippen LogP contribution in [0, 0.1) is 0 Å². The monoisotopic (exact) mass is 484 g/mol. The van der Waals surface area contributed by atoms with E-state index in [1.807, 2.05) is 51.1 Å². The lowest BCUT2D eigenvalue weighted by atomic mass is 9.83. The summed E-state index contributed by atoms with van der Waals surface area (Å²) in [5, 5.41) is 5.32. The number of nitrogens with zero attached hydrogens (tertiary/aromatic N) is 4. The van der Waals surface area contributed by atoms with Gasteiger partial charge in [0.1, 0.15) is 11.9 Å². The molecule has 1 aliphatic rings. The molecule has 0 amide bonds. The number of hydrogen-bond donors (Lipinski definition) is 0. The fourth-order valence-corrected chi connectivity index (χ4v) is 4.70. The topological polar surface area (TPSA) is 101 Å². The van der Waals surface area contributed by atoms with Crippen LogP contribution in [0.5, 0.6) is 23.1 Å². The van der Waals surface area contributed by atoms with Gasteiger partial charge in [0.15, 0.2) is 28.7 Å². The highest BCUT2D eigenvalue weighted by Crippen LogP contribution is 2.51. The van der Waals surface area contributed by atoms with Crippen LogP contribution in [0.15, 0.2) is 58.0 Å². The van der Waals surface area contributed by atoms with Crippen LogP contribution in [0.25, 0.3) is 16.6 Å². The number of hydrogen-bond acceptors (Lipinski definition) is 8. The smallest absolute Gasteiger partial charge is 0.344 e. The van der Waals surface area contributed by atoms with Crippen molar-refractivity contribution in [3.05, 3.63) is 81.7 Å². The van der Waals surface area contributed by atoms with Crippen LogP contribution in [0.2, 0.25) is 0 Å². The lowest BCUT2D eigenvalue weighted by Gasteiger charge is -2.28. The number of aromatic nitrogens is 4. The first-order valence-corrected chi connectivity index (χ1v) is 11.5. The second-order valence-electron chi connectivity index (χ2n) is 9.66. The summed E-state index contributed by atoms with van der Waals surface area (Å²) in [6, 6.07) is 12.8. The molecule has 4 heterocycles. The van der Waals surface area contributed by atoms with Gasteiger partial charge in [-0.3, -0.25) is 0 Å². The van der Waals surface area contributed by atoms with Crippen LogP contribution in [0.4, 0.5) is 0 Å². The van der Waals surface area contributed by atoms with E-state index in [0.717, 1.165) is 0 Å². The van der Waals surface area contributed by atoms with E-state index in [-0.39, 0.29) is 5.41 Å². The zero-order valence-electron chi connectivity index (χ0n) is 20.5. The third kappa shape index (κ3) is 3.16. The predicted octanol–water partition coefficient (Wildman–Crippen LogP) is 4.83. The predicted molar refractivity (Wildman–Crippen MR) is 133 cm³/mol. The molecule has 0 bridgehead atoms. The molecule has 0 radical (unpaired) electrons. The van der Waals surface area contributed by atoms with E-state index in [1.165, 1.54) is 0 Å². The number of para-hydroxylation sites is 2. The quantitative estimate of drug-likeness (QED) is 0.329. The fraction of sp³-hybridized carbons (Fsp3) is 0.259. The van der Waals surface area contributed by atoms with E-state index >= 15 is 0 Å². The van der Waals surface area contributed by atoms with Crippen molar-refractivity contribution >= 4 is 16.6 Å². The molecule has 0 N–H and O–H groups in total. The molecular formula is C27H24N4O5. The summed E-state index contributed by atoms with van der Waals surface area (Å²) in [7, 11) is 3.14. The van der Waals surface area contributed by atoms with E-state index in [9.17, 15) is 4.79 Å². The van der Waals surface area contributed by atoms with Crippen molar-refractivity contribution in [2.75, 3.05) is 14.2 Å². The van der Waals surface area contributed by atoms with Gasteiger partial charge < -0.3 is 18.6 Å². The van der Waals surface area contributed by atoms with Gasteiger partial charge in [-0.25, -0.2) is 19.3 Å². The molecule has 0 saturated carbocycles. The SMILES string of the molecule is COc1cccc(C2c3c(c4ccccc4oc3=O)Oc3ncn4nc(C(C)(C)C)nc4c32)c1OC. The molecule has 36 heavy (non-hydrogen) atoms. The van der Waals surface area contributed by atoms with Crippen LogP contribution in [-0.4, -0.2) is 33.8 Å². The summed E-state index contributed by atoms with van der Waals surface area (Å²) < 4.78 is 25.1. The second-order valence-corrected chi connectivity index (χ2v) is 9.66. The Morgan fingerprint density at radius 2 is 1.81 bits per heavy atom. The minimum atomic E-state index is -0.664. The van der Waals surface area contributed by atoms with Crippen molar-refractivity contribution in [3.63, 3.8) is 0 Å². The maximum absolute atomic E-state index is 13.5. The van der Waals surface area contributed by atoms with Gasteiger partial charge >= 0.3 is 5.63 Å². The highest BCUT2D eigenvalue weighted by atomic mass is 16.5. The van der Waals surface area contributed by atoms with Gasteiger partial charge in [0.05, 0.1) is 36.7 Å². The Bertz CT molecular complexity index is 1710. The molecule has 2 aromatic carbocycles. The van der Waals surface area contributed by atoms with E-state index in [4.69, 9.17) is 23.6 Å². The van der Waals surface area contributed by atoms with Crippen molar-refractivity contribution in [2.24, 2.45) is 0 Å². The van der Waals surface area contributed by atoms with Crippen molar-refractivity contribution in [3.8, 4) is 23.1 Å². The Kier molecular flexibility index (Phi) is 4.79. The number of rotatable bonds is 3. The summed E-state index contributed by atoms with van der Waals surface area (Å²) >= 11 is 0. The Morgan fingerprint density at radius 1 is 1.00 bits per heavy atom. The summed E-state index contributed by atoms with van der Waals surface area (Å²) in [6.07, 6.45) is 1.58. The van der Waals surface area contributed by atoms with Gasteiger partial charge in [0.25, 0.3) is 0 Å². The standard InChI is InChI=1S/C27H24N4O5/c1-27(2,3)26-29-23-20-18(15-10-8-12-17(33-4)21(15)34-5)19-22(36-24(20)28-13-31(23)30-26)14-9-6-7-11-16(14)35-25(19)32/h6-13,18H,1-5H3.